The van der Waals surface area contributed by atoms with E-state index in [0.29, 0.717) is 25.4 Å². The van der Waals surface area contributed by atoms with Crippen molar-refractivity contribution in [2.24, 2.45) is 5.92 Å². The number of nitrogens with zero attached hydrogens (tertiary/aromatic N) is 1. The summed E-state index contributed by atoms with van der Waals surface area (Å²) in [6.07, 6.45) is 4.97. The molecule has 9 heteroatoms. The summed E-state index contributed by atoms with van der Waals surface area (Å²) in [5, 5.41) is 3.07. The molecule has 40 heavy (non-hydrogen) atoms. The lowest BCUT2D eigenvalue weighted by Gasteiger charge is -2.32. The summed E-state index contributed by atoms with van der Waals surface area (Å²) < 4.78 is 18.1. The Bertz CT molecular complexity index is 1110. The second-order valence-corrected chi connectivity index (χ2v) is 12.9. The molecular formula is C31H43BN2O5S. The summed E-state index contributed by atoms with van der Waals surface area (Å²) in [6, 6.07) is 18.0. The summed E-state index contributed by atoms with van der Waals surface area (Å²) in [7, 11) is -0.423. The second kappa shape index (κ2) is 13.5. The van der Waals surface area contributed by atoms with Crippen LogP contribution in [0.3, 0.4) is 0 Å². The Morgan fingerprint density at radius 2 is 1.68 bits per heavy atom. The molecular weight excluding hydrogens is 523 g/mol. The Labute approximate surface area is 243 Å². The van der Waals surface area contributed by atoms with E-state index in [4.69, 9.17) is 14.0 Å². The van der Waals surface area contributed by atoms with E-state index in [1.54, 1.807) is 11.8 Å². The van der Waals surface area contributed by atoms with Gasteiger partial charge in [0.05, 0.1) is 11.2 Å². The Morgan fingerprint density at radius 3 is 2.33 bits per heavy atom. The van der Waals surface area contributed by atoms with Gasteiger partial charge in [0.15, 0.2) is 0 Å². The van der Waals surface area contributed by atoms with Crippen molar-refractivity contribution in [3.63, 3.8) is 0 Å². The topological polar surface area (TPSA) is 77.1 Å². The molecule has 2 fully saturated rings. The summed E-state index contributed by atoms with van der Waals surface area (Å²) in [5.74, 6) is 1.29. The molecule has 0 aromatic heterocycles. The standard InChI is InChI=1S/C31H43BN2O5S/c1-30(2)31(3,4)39-32(38-30)26-14-11-24(12-15-26)22-37-29(36)34(21-23-9-7-6-8-10-23)27-16-13-25(19-27)20-33-28(35)17-18-40-5/h6-12,14-15,25,27H,13,16-22H2,1-5H3,(H,33,35). The van der Waals surface area contributed by atoms with Crippen LogP contribution in [0.1, 0.15) is 64.5 Å². The quantitative estimate of drug-likeness (QED) is 0.379. The number of benzene rings is 2. The van der Waals surface area contributed by atoms with Crippen LogP contribution < -0.4 is 10.8 Å². The highest BCUT2D eigenvalue weighted by Gasteiger charge is 2.51. The first kappa shape index (κ1) is 30.5. The van der Waals surface area contributed by atoms with Gasteiger partial charge in [0.2, 0.25) is 5.91 Å². The number of ether oxygens (including phenoxy) is 1. The molecule has 2 unspecified atom stereocenters. The summed E-state index contributed by atoms with van der Waals surface area (Å²) in [4.78, 5) is 27.3. The molecule has 1 aliphatic heterocycles. The Balaban J connectivity index is 1.34. The molecule has 7 nitrogen and oxygen atoms in total. The summed E-state index contributed by atoms with van der Waals surface area (Å²) >= 11 is 1.68. The third-order valence-electron chi connectivity index (χ3n) is 8.37. The van der Waals surface area contributed by atoms with Gasteiger partial charge in [0.1, 0.15) is 6.61 Å². The van der Waals surface area contributed by atoms with Gasteiger partial charge in [-0.25, -0.2) is 4.79 Å². The monoisotopic (exact) mass is 566 g/mol. The van der Waals surface area contributed by atoms with E-state index >= 15 is 0 Å². The van der Waals surface area contributed by atoms with Crippen LogP contribution in [-0.4, -0.2) is 59.8 Å². The van der Waals surface area contributed by atoms with Crippen LogP contribution >= 0.6 is 11.8 Å². The van der Waals surface area contributed by atoms with E-state index in [1.807, 2.05) is 93.4 Å². The molecule has 1 saturated carbocycles. The fourth-order valence-corrected chi connectivity index (χ4v) is 5.55. The lowest BCUT2D eigenvalue weighted by molar-refractivity contribution is -0.120. The van der Waals surface area contributed by atoms with Crippen molar-refractivity contribution < 1.29 is 23.6 Å². The predicted octanol–water partition coefficient (Wildman–Crippen LogP) is 5.16. The van der Waals surface area contributed by atoms with Crippen molar-refractivity contribution in [1.82, 2.24) is 10.2 Å². The van der Waals surface area contributed by atoms with Gasteiger partial charge in [0, 0.05) is 31.3 Å². The van der Waals surface area contributed by atoms with Crippen LogP contribution in [0.15, 0.2) is 54.6 Å². The lowest BCUT2D eigenvalue weighted by atomic mass is 9.79. The van der Waals surface area contributed by atoms with E-state index in [-0.39, 0.29) is 24.6 Å². The molecule has 1 N–H and O–H groups in total. The molecule has 2 amide bonds. The van der Waals surface area contributed by atoms with Crippen LogP contribution in [0.4, 0.5) is 4.79 Å². The van der Waals surface area contributed by atoms with Gasteiger partial charge in [0.25, 0.3) is 0 Å². The molecule has 4 rings (SSSR count). The number of carbonyl (C=O) groups is 2. The molecule has 1 heterocycles. The van der Waals surface area contributed by atoms with Crippen molar-refractivity contribution in [2.75, 3.05) is 18.6 Å². The molecule has 1 saturated heterocycles. The fraction of sp³-hybridized carbons (Fsp3) is 0.548. The largest absolute Gasteiger partial charge is 0.494 e. The molecule has 2 aromatic carbocycles. The average Bonchev–Trinajstić information content (AvgIpc) is 3.49. The number of hydrogen-bond donors (Lipinski definition) is 1. The van der Waals surface area contributed by atoms with Crippen LogP contribution in [0.2, 0.25) is 0 Å². The number of hydrogen-bond acceptors (Lipinski definition) is 6. The molecule has 216 valence electrons. The number of nitrogens with one attached hydrogen (secondary N) is 1. The van der Waals surface area contributed by atoms with E-state index in [0.717, 1.165) is 41.6 Å². The van der Waals surface area contributed by atoms with Gasteiger partial charge >= 0.3 is 13.2 Å². The van der Waals surface area contributed by atoms with Crippen molar-refractivity contribution in [3.8, 4) is 0 Å². The highest BCUT2D eigenvalue weighted by atomic mass is 32.2. The van der Waals surface area contributed by atoms with Crippen molar-refractivity contribution in [1.29, 1.82) is 0 Å². The molecule has 2 atom stereocenters. The minimum atomic E-state index is -0.423. The molecule has 0 bridgehead atoms. The first-order valence-electron chi connectivity index (χ1n) is 14.3. The normalized spacial score (nSPS) is 21.3. The predicted molar refractivity (Wildman–Crippen MR) is 161 cm³/mol. The van der Waals surface area contributed by atoms with E-state index in [2.05, 4.69) is 5.32 Å². The zero-order chi connectivity index (χ0) is 28.8. The molecule has 1 aliphatic carbocycles. The summed E-state index contributed by atoms with van der Waals surface area (Å²) in [5.41, 5.74) is 2.13. The first-order chi connectivity index (χ1) is 19.1. The van der Waals surface area contributed by atoms with Crippen LogP contribution in [0, 0.1) is 5.92 Å². The highest BCUT2D eigenvalue weighted by molar-refractivity contribution is 7.98. The van der Waals surface area contributed by atoms with Gasteiger partial charge in [-0.3, -0.25) is 4.79 Å². The SMILES string of the molecule is CSCCC(=O)NCC1CCC(N(Cc2ccccc2)C(=O)OCc2ccc(B3OC(C)(C)C(C)(C)O3)cc2)C1. The zero-order valence-corrected chi connectivity index (χ0v) is 25.3. The number of rotatable bonds is 11. The lowest BCUT2D eigenvalue weighted by Crippen LogP contribution is -2.41. The van der Waals surface area contributed by atoms with Gasteiger partial charge < -0.3 is 24.3 Å². The molecule has 0 radical (unpaired) electrons. The molecule has 0 spiro atoms. The first-order valence-corrected chi connectivity index (χ1v) is 15.6. The van der Waals surface area contributed by atoms with Gasteiger partial charge in [-0.1, -0.05) is 54.6 Å². The molecule has 2 aliphatic rings. The average molecular weight is 567 g/mol. The van der Waals surface area contributed by atoms with Crippen LogP contribution in [0.25, 0.3) is 0 Å². The minimum Gasteiger partial charge on any atom is -0.445 e. The number of amides is 2. The smallest absolute Gasteiger partial charge is 0.445 e. The number of carbonyl (C=O) groups excluding carboxylic acids is 2. The van der Waals surface area contributed by atoms with Crippen molar-refractivity contribution in [3.05, 3.63) is 65.7 Å². The zero-order valence-electron chi connectivity index (χ0n) is 24.5. The Hall–Kier alpha value is -2.49. The van der Waals surface area contributed by atoms with E-state index in [9.17, 15) is 9.59 Å². The van der Waals surface area contributed by atoms with Gasteiger partial charge in [-0.05, 0) is 75.7 Å². The molecule has 2 aromatic rings. The Kier molecular flexibility index (Phi) is 10.2. The maximum absolute atomic E-state index is 13.4. The fourth-order valence-electron chi connectivity index (χ4n) is 5.16. The minimum absolute atomic E-state index is 0.0755. The van der Waals surface area contributed by atoms with Crippen molar-refractivity contribution >= 4 is 36.3 Å². The number of thioether (sulfide) groups is 1. The van der Waals surface area contributed by atoms with Crippen LogP contribution in [0.5, 0.6) is 0 Å². The third kappa shape index (κ3) is 7.83. The van der Waals surface area contributed by atoms with Gasteiger partial charge in [-0.2, -0.15) is 11.8 Å². The highest BCUT2D eigenvalue weighted by Crippen LogP contribution is 2.36. The van der Waals surface area contributed by atoms with E-state index < -0.39 is 18.3 Å². The maximum Gasteiger partial charge on any atom is 0.494 e. The Morgan fingerprint density at radius 1 is 1.00 bits per heavy atom. The van der Waals surface area contributed by atoms with Gasteiger partial charge in [-0.15, -0.1) is 0 Å². The third-order valence-corrected chi connectivity index (χ3v) is 8.99. The van der Waals surface area contributed by atoms with Crippen molar-refractivity contribution in [2.45, 2.75) is 83.8 Å². The summed E-state index contributed by atoms with van der Waals surface area (Å²) in [6.45, 7) is 9.50. The maximum atomic E-state index is 13.4. The second-order valence-electron chi connectivity index (χ2n) is 11.9. The van der Waals surface area contributed by atoms with Crippen LogP contribution in [-0.2, 0) is 32.0 Å². The van der Waals surface area contributed by atoms with E-state index in [1.165, 1.54) is 0 Å².